The fourth-order valence-corrected chi connectivity index (χ4v) is 8.12. The van der Waals surface area contributed by atoms with Gasteiger partial charge in [0, 0.05) is 27.6 Å². The molecule has 0 spiro atoms. The third kappa shape index (κ3) is 4.03. The second kappa shape index (κ2) is 10.4. The second-order valence-corrected chi connectivity index (χ2v) is 13.2. The number of fused-ring (bicyclic) bond motifs is 9. The van der Waals surface area contributed by atoms with Crippen LogP contribution in [0, 0.1) is 0 Å². The van der Waals surface area contributed by atoms with E-state index in [9.17, 15) is 0 Å². The molecule has 0 unspecified atom stereocenters. The number of hydrogen-bond donors (Lipinski definition) is 0. The highest BCUT2D eigenvalue weighted by molar-refractivity contribution is 6.22. The van der Waals surface area contributed by atoms with Crippen molar-refractivity contribution in [2.75, 3.05) is 0 Å². The molecule has 2 heterocycles. The Morgan fingerprint density at radius 3 is 1.46 bits per heavy atom. The highest BCUT2D eigenvalue weighted by Gasteiger charge is 2.18. The average Bonchev–Trinajstić information content (AvgIpc) is 3.72. The van der Waals surface area contributed by atoms with Crippen LogP contribution in [-0.4, -0.2) is 0 Å². The average molecular weight is 637 g/mol. The smallest absolute Gasteiger partial charge is 0.139 e. The van der Waals surface area contributed by atoms with Crippen LogP contribution in [0.15, 0.2) is 179 Å². The molecule has 9 aromatic carbocycles. The van der Waals surface area contributed by atoms with Crippen LogP contribution in [0.3, 0.4) is 0 Å². The van der Waals surface area contributed by atoms with E-state index in [1.165, 1.54) is 60.1 Å². The van der Waals surface area contributed by atoms with Crippen molar-refractivity contribution in [3.63, 3.8) is 0 Å². The van der Waals surface area contributed by atoms with Crippen LogP contribution in [0.5, 0.6) is 0 Å². The predicted molar refractivity (Wildman–Crippen MR) is 210 cm³/mol. The first-order valence-corrected chi connectivity index (χ1v) is 17.1. The van der Waals surface area contributed by atoms with Crippen molar-refractivity contribution >= 4 is 76.2 Å². The largest absolute Gasteiger partial charge is 0.456 e. The summed E-state index contributed by atoms with van der Waals surface area (Å²) < 4.78 is 12.5. The van der Waals surface area contributed by atoms with E-state index in [4.69, 9.17) is 8.83 Å². The standard InChI is InChI=1S/C48H28O2/c1-2-11-30-24-34(21-20-29(30)10-1)48-38-17-5-3-15-36(38)47(37-16-4-6-18-39(37)48)33-13-9-12-31(25-33)32-22-23-44-40(26-32)42-27-41-35-14-7-8-19-43(35)49-45(41)28-46(42)50-44/h1-28H. The molecule has 2 nitrogen and oxygen atoms in total. The minimum atomic E-state index is 0.835. The third-order valence-electron chi connectivity index (χ3n) is 10.4. The van der Waals surface area contributed by atoms with E-state index in [2.05, 4.69) is 152 Å². The summed E-state index contributed by atoms with van der Waals surface area (Å²) in [5.74, 6) is 0. The molecule has 11 rings (SSSR count). The Labute approximate surface area is 287 Å². The lowest BCUT2D eigenvalue weighted by molar-refractivity contribution is 0.656. The van der Waals surface area contributed by atoms with Crippen LogP contribution in [-0.2, 0) is 0 Å². The summed E-state index contributed by atoms with van der Waals surface area (Å²) in [6.07, 6.45) is 0. The third-order valence-corrected chi connectivity index (χ3v) is 10.4. The maximum Gasteiger partial charge on any atom is 0.139 e. The van der Waals surface area contributed by atoms with Gasteiger partial charge < -0.3 is 8.83 Å². The molecule has 232 valence electrons. The molecule has 0 atom stereocenters. The molecule has 0 bridgehead atoms. The van der Waals surface area contributed by atoms with Gasteiger partial charge in [0.05, 0.1) is 0 Å². The summed E-state index contributed by atoms with van der Waals surface area (Å²) in [6.45, 7) is 0. The molecule has 50 heavy (non-hydrogen) atoms. The maximum absolute atomic E-state index is 6.35. The van der Waals surface area contributed by atoms with Crippen molar-refractivity contribution in [1.29, 1.82) is 0 Å². The number of hydrogen-bond acceptors (Lipinski definition) is 2. The molecule has 0 N–H and O–H groups in total. The molecular formula is C48H28O2. The Kier molecular flexibility index (Phi) is 5.70. The Bertz CT molecular complexity index is 3100. The molecule has 0 radical (unpaired) electrons. The van der Waals surface area contributed by atoms with Crippen molar-refractivity contribution in [2.45, 2.75) is 0 Å². The Morgan fingerprint density at radius 2 is 0.740 bits per heavy atom. The van der Waals surface area contributed by atoms with Crippen molar-refractivity contribution in [3.8, 4) is 33.4 Å². The zero-order chi connectivity index (χ0) is 32.8. The monoisotopic (exact) mass is 636 g/mol. The van der Waals surface area contributed by atoms with Crippen molar-refractivity contribution < 1.29 is 8.83 Å². The quantitative estimate of drug-likeness (QED) is 0.180. The lowest BCUT2D eigenvalue weighted by atomic mass is 9.85. The molecule has 0 saturated carbocycles. The molecule has 2 heteroatoms. The van der Waals surface area contributed by atoms with Crippen molar-refractivity contribution in [3.05, 3.63) is 170 Å². The minimum Gasteiger partial charge on any atom is -0.456 e. The fourth-order valence-electron chi connectivity index (χ4n) is 8.12. The van der Waals surface area contributed by atoms with Crippen molar-refractivity contribution in [2.24, 2.45) is 0 Å². The Balaban J connectivity index is 1.10. The predicted octanol–water partition coefficient (Wildman–Crippen LogP) is 13.9. The normalized spacial score (nSPS) is 12.0. The van der Waals surface area contributed by atoms with Crippen LogP contribution in [0.4, 0.5) is 0 Å². The molecule has 11 aromatic rings. The van der Waals surface area contributed by atoms with Gasteiger partial charge >= 0.3 is 0 Å². The zero-order valence-electron chi connectivity index (χ0n) is 27.0. The van der Waals surface area contributed by atoms with Crippen LogP contribution in [0.1, 0.15) is 0 Å². The van der Waals surface area contributed by atoms with Crippen LogP contribution < -0.4 is 0 Å². The summed E-state index contributed by atoms with van der Waals surface area (Å²) in [4.78, 5) is 0. The molecule has 2 aromatic heterocycles. The number of para-hydroxylation sites is 1. The molecule has 0 aliphatic rings. The first-order valence-electron chi connectivity index (χ1n) is 17.1. The van der Waals surface area contributed by atoms with Gasteiger partial charge in [-0.3, -0.25) is 0 Å². The summed E-state index contributed by atoms with van der Waals surface area (Å²) in [6, 6.07) is 61.2. The van der Waals surface area contributed by atoms with Gasteiger partial charge in [-0.05, 0) is 102 Å². The molecule has 0 amide bonds. The van der Waals surface area contributed by atoms with Gasteiger partial charge in [-0.25, -0.2) is 0 Å². The molecule has 0 aliphatic carbocycles. The summed E-state index contributed by atoms with van der Waals surface area (Å²) >= 11 is 0. The van der Waals surface area contributed by atoms with Gasteiger partial charge in [-0.15, -0.1) is 0 Å². The summed E-state index contributed by atoms with van der Waals surface area (Å²) in [7, 11) is 0. The summed E-state index contributed by atoms with van der Waals surface area (Å²) in [5, 5.41) is 11.9. The lowest BCUT2D eigenvalue weighted by Gasteiger charge is -2.18. The minimum absolute atomic E-state index is 0.835. The lowest BCUT2D eigenvalue weighted by Crippen LogP contribution is -1.91. The van der Waals surface area contributed by atoms with E-state index in [-0.39, 0.29) is 0 Å². The Hall–Kier alpha value is -6.64. The Morgan fingerprint density at radius 1 is 0.240 bits per heavy atom. The first kappa shape index (κ1) is 27.3. The molecule has 0 saturated heterocycles. The van der Waals surface area contributed by atoms with Crippen molar-refractivity contribution in [1.82, 2.24) is 0 Å². The fraction of sp³-hybridized carbons (Fsp3) is 0. The topological polar surface area (TPSA) is 26.3 Å². The maximum atomic E-state index is 6.35. The van der Waals surface area contributed by atoms with Gasteiger partial charge in [0.15, 0.2) is 0 Å². The van der Waals surface area contributed by atoms with E-state index < -0.39 is 0 Å². The van der Waals surface area contributed by atoms with Gasteiger partial charge in [0.25, 0.3) is 0 Å². The van der Waals surface area contributed by atoms with E-state index in [1.54, 1.807) is 0 Å². The van der Waals surface area contributed by atoms with Crippen LogP contribution in [0.2, 0.25) is 0 Å². The first-order chi connectivity index (χ1) is 24.8. The van der Waals surface area contributed by atoms with Crippen LogP contribution in [0.25, 0.3) is 110 Å². The van der Waals surface area contributed by atoms with Gasteiger partial charge in [0.1, 0.15) is 22.3 Å². The van der Waals surface area contributed by atoms with E-state index in [0.717, 1.165) is 49.4 Å². The molecular weight excluding hydrogens is 609 g/mol. The van der Waals surface area contributed by atoms with Gasteiger partial charge in [-0.2, -0.15) is 0 Å². The highest BCUT2D eigenvalue weighted by atomic mass is 16.3. The van der Waals surface area contributed by atoms with Crippen LogP contribution >= 0.6 is 0 Å². The number of rotatable bonds is 3. The second-order valence-electron chi connectivity index (χ2n) is 13.2. The van der Waals surface area contributed by atoms with E-state index >= 15 is 0 Å². The van der Waals surface area contributed by atoms with Gasteiger partial charge in [0.2, 0.25) is 0 Å². The SMILES string of the molecule is c1cc(-c2ccc3oc4cc5oc6ccccc6c5cc4c3c2)cc(-c2c3ccccc3c(-c3ccc4ccccc4c3)c3ccccc23)c1. The zero-order valence-corrected chi connectivity index (χ0v) is 27.0. The van der Waals surface area contributed by atoms with E-state index in [1.807, 2.05) is 18.2 Å². The molecule has 0 aliphatic heterocycles. The highest BCUT2D eigenvalue weighted by Crippen LogP contribution is 2.45. The summed E-state index contributed by atoms with van der Waals surface area (Å²) in [5.41, 5.74) is 10.7. The number of benzene rings is 9. The van der Waals surface area contributed by atoms with E-state index in [0.29, 0.717) is 0 Å². The number of furan rings is 2. The molecule has 0 fully saturated rings. The van der Waals surface area contributed by atoms with Gasteiger partial charge in [-0.1, -0.05) is 127 Å².